The maximum atomic E-state index is 12.3. The highest BCUT2D eigenvalue weighted by Gasteiger charge is 2.34. The number of benzene rings is 1. The molecular formula is C16H24BrClN2O. The zero-order valence-corrected chi connectivity index (χ0v) is 15.0. The lowest BCUT2D eigenvalue weighted by atomic mass is 9.79. The minimum absolute atomic E-state index is 0. The quantitative estimate of drug-likeness (QED) is 0.880. The number of hydrogen-bond acceptors (Lipinski definition) is 2. The van der Waals surface area contributed by atoms with Gasteiger partial charge in [-0.1, -0.05) is 48.0 Å². The molecule has 2 rings (SSSR count). The second-order valence-corrected chi connectivity index (χ2v) is 7.14. The van der Waals surface area contributed by atoms with Gasteiger partial charge in [-0.15, -0.1) is 12.4 Å². The van der Waals surface area contributed by atoms with Crippen LogP contribution in [0.15, 0.2) is 28.7 Å². The van der Waals surface area contributed by atoms with E-state index < -0.39 is 0 Å². The number of rotatable bonds is 3. The van der Waals surface area contributed by atoms with Crippen LogP contribution in [0.25, 0.3) is 0 Å². The van der Waals surface area contributed by atoms with E-state index in [1.165, 1.54) is 5.56 Å². The monoisotopic (exact) mass is 374 g/mol. The van der Waals surface area contributed by atoms with Crippen molar-refractivity contribution >= 4 is 34.2 Å². The van der Waals surface area contributed by atoms with Gasteiger partial charge >= 0.3 is 0 Å². The standard InChI is InChI=1S/C16H23BrN2O.ClH/c1-16(2)11-19(10-9-14(16)18)15(20)8-7-12-5-3-4-6-13(12)17;/h3-6,14H,7-11,18H2,1-2H3;1H. The van der Waals surface area contributed by atoms with Gasteiger partial charge in [-0.05, 0) is 29.9 Å². The van der Waals surface area contributed by atoms with Crippen molar-refractivity contribution in [1.29, 1.82) is 0 Å². The number of hydrogen-bond donors (Lipinski definition) is 1. The Morgan fingerprint density at radius 3 is 2.71 bits per heavy atom. The summed E-state index contributed by atoms with van der Waals surface area (Å²) in [6.07, 6.45) is 2.24. The molecule has 1 aliphatic rings. The molecule has 0 saturated carbocycles. The Labute approximate surface area is 141 Å². The van der Waals surface area contributed by atoms with Crippen molar-refractivity contribution in [2.45, 2.75) is 39.2 Å². The Balaban J connectivity index is 0.00000220. The van der Waals surface area contributed by atoms with Crippen molar-refractivity contribution in [1.82, 2.24) is 4.90 Å². The summed E-state index contributed by atoms with van der Waals surface area (Å²) >= 11 is 3.53. The van der Waals surface area contributed by atoms with Crippen molar-refractivity contribution in [2.24, 2.45) is 11.1 Å². The maximum absolute atomic E-state index is 12.3. The average molecular weight is 376 g/mol. The molecule has 0 spiro atoms. The topological polar surface area (TPSA) is 46.3 Å². The van der Waals surface area contributed by atoms with E-state index in [1.807, 2.05) is 23.1 Å². The van der Waals surface area contributed by atoms with Crippen LogP contribution in [0.5, 0.6) is 0 Å². The highest BCUT2D eigenvalue weighted by Crippen LogP contribution is 2.28. The Morgan fingerprint density at radius 2 is 2.10 bits per heavy atom. The first-order valence-electron chi connectivity index (χ1n) is 7.17. The third kappa shape index (κ3) is 4.70. The molecule has 0 aromatic heterocycles. The Kier molecular flexibility index (Phi) is 6.70. The zero-order valence-electron chi connectivity index (χ0n) is 12.6. The van der Waals surface area contributed by atoms with Gasteiger partial charge in [0.05, 0.1) is 0 Å². The fourth-order valence-electron chi connectivity index (χ4n) is 2.69. The van der Waals surface area contributed by atoms with Gasteiger partial charge in [-0.2, -0.15) is 0 Å². The second-order valence-electron chi connectivity index (χ2n) is 6.29. The van der Waals surface area contributed by atoms with Gasteiger partial charge in [0.15, 0.2) is 0 Å². The molecule has 0 radical (unpaired) electrons. The van der Waals surface area contributed by atoms with Crippen LogP contribution in [0.1, 0.15) is 32.3 Å². The van der Waals surface area contributed by atoms with Crippen LogP contribution in [0.2, 0.25) is 0 Å². The number of carbonyl (C=O) groups excluding carboxylic acids is 1. The number of halogens is 2. The maximum Gasteiger partial charge on any atom is 0.222 e. The summed E-state index contributed by atoms with van der Waals surface area (Å²) in [6.45, 7) is 5.85. The lowest BCUT2D eigenvalue weighted by Gasteiger charge is -2.42. The molecule has 0 aliphatic carbocycles. The third-order valence-electron chi connectivity index (χ3n) is 4.23. The summed E-state index contributed by atoms with van der Waals surface area (Å²) in [5.74, 6) is 0.237. The first kappa shape index (κ1) is 18.5. The SMILES string of the molecule is CC1(C)CN(C(=O)CCc2ccccc2Br)CCC1N.Cl. The highest BCUT2D eigenvalue weighted by molar-refractivity contribution is 9.10. The van der Waals surface area contributed by atoms with Crippen molar-refractivity contribution < 1.29 is 4.79 Å². The Bertz CT molecular complexity index is 493. The molecule has 3 nitrogen and oxygen atoms in total. The first-order chi connectivity index (χ1) is 9.40. The molecule has 1 fully saturated rings. The summed E-state index contributed by atoms with van der Waals surface area (Å²) in [5, 5.41) is 0. The summed E-state index contributed by atoms with van der Waals surface area (Å²) in [4.78, 5) is 14.3. The summed E-state index contributed by atoms with van der Waals surface area (Å²) < 4.78 is 1.08. The molecule has 5 heteroatoms. The number of carbonyl (C=O) groups is 1. The number of nitrogens with zero attached hydrogens (tertiary/aromatic N) is 1. The summed E-state index contributed by atoms with van der Waals surface area (Å²) in [7, 11) is 0. The number of likely N-dealkylation sites (tertiary alicyclic amines) is 1. The van der Waals surface area contributed by atoms with E-state index in [0.717, 1.165) is 30.4 Å². The molecule has 1 saturated heterocycles. The van der Waals surface area contributed by atoms with Gasteiger partial charge in [0, 0.05) is 30.0 Å². The average Bonchev–Trinajstić information content (AvgIpc) is 2.40. The molecule has 1 atom stereocenters. The number of aryl methyl sites for hydroxylation is 1. The molecule has 1 amide bonds. The number of piperidine rings is 1. The molecule has 1 aromatic carbocycles. The molecule has 1 unspecified atom stereocenters. The minimum Gasteiger partial charge on any atom is -0.342 e. The van der Waals surface area contributed by atoms with E-state index in [9.17, 15) is 4.79 Å². The van der Waals surface area contributed by atoms with Gasteiger partial charge in [0.2, 0.25) is 5.91 Å². The predicted octanol–water partition coefficient (Wildman–Crippen LogP) is 3.39. The Hall–Kier alpha value is -0.580. The number of amides is 1. The fourth-order valence-corrected chi connectivity index (χ4v) is 3.17. The van der Waals surface area contributed by atoms with Gasteiger partial charge in [0.25, 0.3) is 0 Å². The smallest absolute Gasteiger partial charge is 0.222 e. The largest absolute Gasteiger partial charge is 0.342 e. The van der Waals surface area contributed by atoms with Crippen LogP contribution in [-0.2, 0) is 11.2 Å². The van der Waals surface area contributed by atoms with E-state index in [2.05, 4.69) is 35.8 Å². The molecular weight excluding hydrogens is 352 g/mol. The van der Waals surface area contributed by atoms with E-state index in [-0.39, 0.29) is 29.8 Å². The van der Waals surface area contributed by atoms with Crippen LogP contribution in [0.3, 0.4) is 0 Å². The molecule has 1 aliphatic heterocycles. The van der Waals surface area contributed by atoms with Crippen LogP contribution in [0.4, 0.5) is 0 Å². The van der Waals surface area contributed by atoms with Gasteiger partial charge in [-0.25, -0.2) is 0 Å². The molecule has 0 bridgehead atoms. The molecule has 21 heavy (non-hydrogen) atoms. The predicted molar refractivity (Wildman–Crippen MR) is 92.7 cm³/mol. The van der Waals surface area contributed by atoms with Gasteiger partial charge < -0.3 is 10.6 Å². The van der Waals surface area contributed by atoms with Crippen molar-refractivity contribution in [3.05, 3.63) is 34.3 Å². The lowest BCUT2D eigenvalue weighted by molar-refractivity contribution is -0.134. The third-order valence-corrected chi connectivity index (χ3v) is 5.00. The number of nitrogens with two attached hydrogens (primary N) is 1. The minimum atomic E-state index is 0. The molecule has 118 valence electrons. The van der Waals surface area contributed by atoms with Crippen LogP contribution < -0.4 is 5.73 Å². The molecule has 2 N–H and O–H groups in total. The summed E-state index contributed by atoms with van der Waals surface area (Å²) in [6, 6.07) is 8.27. The molecule has 1 heterocycles. The van der Waals surface area contributed by atoms with E-state index in [0.29, 0.717) is 6.42 Å². The Morgan fingerprint density at radius 1 is 1.43 bits per heavy atom. The van der Waals surface area contributed by atoms with E-state index in [4.69, 9.17) is 5.73 Å². The van der Waals surface area contributed by atoms with Gasteiger partial charge in [-0.3, -0.25) is 4.79 Å². The second kappa shape index (κ2) is 7.61. The highest BCUT2D eigenvalue weighted by atomic mass is 79.9. The van der Waals surface area contributed by atoms with Crippen LogP contribution in [0, 0.1) is 5.41 Å². The summed E-state index contributed by atoms with van der Waals surface area (Å²) in [5.41, 5.74) is 7.32. The fraction of sp³-hybridized carbons (Fsp3) is 0.562. The normalized spacial score (nSPS) is 20.8. The molecule has 1 aromatic rings. The van der Waals surface area contributed by atoms with Gasteiger partial charge in [0.1, 0.15) is 0 Å². The van der Waals surface area contributed by atoms with Crippen LogP contribution in [-0.4, -0.2) is 29.9 Å². The zero-order chi connectivity index (χ0) is 14.8. The van der Waals surface area contributed by atoms with E-state index in [1.54, 1.807) is 0 Å². The van der Waals surface area contributed by atoms with Crippen LogP contribution >= 0.6 is 28.3 Å². The van der Waals surface area contributed by atoms with E-state index >= 15 is 0 Å². The lowest BCUT2D eigenvalue weighted by Crippen LogP contribution is -2.54. The van der Waals surface area contributed by atoms with Crippen molar-refractivity contribution in [3.8, 4) is 0 Å². The first-order valence-corrected chi connectivity index (χ1v) is 7.96. The van der Waals surface area contributed by atoms with Crippen molar-refractivity contribution in [2.75, 3.05) is 13.1 Å². The van der Waals surface area contributed by atoms with Crippen molar-refractivity contribution in [3.63, 3.8) is 0 Å².